The van der Waals surface area contributed by atoms with Crippen LogP contribution in [0.4, 0.5) is 0 Å². The first-order valence-corrected chi connectivity index (χ1v) is 9.46. The highest BCUT2D eigenvalue weighted by atomic mass is 16.5. The first-order chi connectivity index (χ1) is 9.88. The number of hydrogen-bond donors (Lipinski definition) is 0. The first-order valence-electron chi connectivity index (χ1n) is 9.46. The van der Waals surface area contributed by atoms with Crippen molar-refractivity contribution in [3.8, 4) is 0 Å². The molecular formula is C20H34O. The molecule has 1 aliphatic heterocycles. The van der Waals surface area contributed by atoms with E-state index in [0.29, 0.717) is 16.2 Å². The molecule has 0 aromatic carbocycles. The van der Waals surface area contributed by atoms with Crippen molar-refractivity contribution in [3.63, 3.8) is 0 Å². The van der Waals surface area contributed by atoms with E-state index >= 15 is 0 Å². The molecule has 3 saturated carbocycles. The lowest BCUT2D eigenvalue weighted by molar-refractivity contribution is -0.168. The third-order valence-corrected chi connectivity index (χ3v) is 8.71. The Hall–Kier alpha value is -0.0400. The largest absolute Gasteiger partial charge is 0.381 e. The molecule has 1 heterocycles. The Labute approximate surface area is 131 Å². The SMILES string of the molecule is CC1(C)CCC[C@]2(C)[C@H]3CC[C@H]4COC[C@H]4[C@]3(C)CC[C@@H]12. The van der Waals surface area contributed by atoms with Gasteiger partial charge in [-0.05, 0) is 78.4 Å². The Kier molecular flexibility index (Phi) is 3.11. The molecule has 1 saturated heterocycles. The minimum absolute atomic E-state index is 0.567. The molecule has 0 radical (unpaired) electrons. The quantitative estimate of drug-likeness (QED) is 0.589. The van der Waals surface area contributed by atoms with E-state index in [1.807, 2.05) is 0 Å². The lowest BCUT2D eigenvalue weighted by Gasteiger charge is -2.66. The van der Waals surface area contributed by atoms with E-state index in [2.05, 4.69) is 27.7 Å². The summed E-state index contributed by atoms with van der Waals surface area (Å²) >= 11 is 0. The van der Waals surface area contributed by atoms with Crippen molar-refractivity contribution in [2.45, 2.75) is 72.6 Å². The summed E-state index contributed by atoms with van der Waals surface area (Å²) in [7, 11) is 0. The molecule has 3 aliphatic carbocycles. The highest BCUT2D eigenvalue weighted by Gasteiger charge is 2.62. The van der Waals surface area contributed by atoms with Crippen LogP contribution >= 0.6 is 0 Å². The van der Waals surface area contributed by atoms with Crippen molar-refractivity contribution in [1.82, 2.24) is 0 Å². The zero-order valence-electron chi connectivity index (χ0n) is 14.6. The van der Waals surface area contributed by atoms with E-state index in [4.69, 9.17) is 4.74 Å². The number of fused-ring (bicyclic) bond motifs is 5. The van der Waals surface area contributed by atoms with Gasteiger partial charge in [0.1, 0.15) is 0 Å². The van der Waals surface area contributed by atoms with Crippen LogP contribution in [0.25, 0.3) is 0 Å². The topological polar surface area (TPSA) is 9.23 Å². The van der Waals surface area contributed by atoms with Crippen molar-refractivity contribution < 1.29 is 4.74 Å². The van der Waals surface area contributed by atoms with Crippen molar-refractivity contribution in [2.75, 3.05) is 13.2 Å². The van der Waals surface area contributed by atoms with E-state index in [1.54, 1.807) is 0 Å². The average Bonchev–Trinajstić information content (AvgIpc) is 2.86. The van der Waals surface area contributed by atoms with E-state index in [1.165, 1.54) is 44.9 Å². The Balaban J connectivity index is 1.71. The maximum absolute atomic E-state index is 5.92. The van der Waals surface area contributed by atoms with Crippen molar-refractivity contribution >= 4 is 0 Å². The van der Waals surface area contributed by atoms with Crippen LogP contribution < -0.4 is 0 Å². The summed E-state index contributed by atoms with van der Waals surface area (Å²) in [5.74, 6) is 3.64. The molecule has 4 fully saturated rings. The fourth-order valence-corrected chi connectivity index (χ4v) is 7.78. The van der Waals surface area contributed by atoms with E-state index in [9.17, 15) is 0 Å². The van der Waals surface area contributed by atoms with Crippen LogP contribution in [0, 0.1) is 39.9 Å². The van der Waals surface area contributed by atoms with Gasteiger partial charge >= 0.3 is 0 Å². The molecule has 0 aromatic rings. The van der Waals surface area contributed by atoms with Crippen molar-refractivity contribution in [2.24, 2.45) is 39.9 Å². The van der Waals surface area contributed by atoms with Crippen LogP contribution in [0.15, 0.2) is 0 Å². The summed E-state index contributed by atoms with van der Waals surface area (Å²) < 4.78 is 5.92. The highest BCUT2D eigenvalue weighted by molar-refractivity contribution is 5.11. The fraction of sp³-hybridized carbons (Fsp3) is 1.00. The molecule has 0 unspecified atom stereocenters. The average molecular weight is 290 g/mol. The second-order valence-electron chi connectivity index (χ2n) is 9.98. The van der Waals surface area contributed by atoms with Crippen LogP contribution in [-0.2, 0) is 4.74 Å². The third-order valence-electron chi connectivity index (χ3n) is 8.71. The first kappa shape index (κ1) is 14.5. The molecule has 4 aliphatic rings. The minimum Gasteiger partial charge on any atom is -0.381 e. The highest BCUT2D eigenvalue weighted by Crippen LogP contribution is 2.69. The van der Waals surface area contributed by atoms with Gasteiger partial charge in [-0.2, -0.15) is 0 Å². The van der Waals surface area contributed by atoms with Gasteiger partial charge in [0.05, 0.1) is 6.61 Å². The van der Waals surface area contributed by atoms with Gasteiger partial charge in [-0.15, -0.1) is 0 Å². The van der Waals surface area contributed by atoms with Gasteiger partial charge in [-0.1, -0.05) is 34.1 Å². The number of hydrogen-bond acceptors (Lipinski definition) is 1. The zero-order chi connectivity index (χ0) is 14.9. The van der Waals surface area contributed by atoms with E-state index < -0.39 is 0 Å². The molecule has 120 valence electrons. The van der Waals surface area contributed by atoms with Gasteiger partial charge in [-0.3, -0.25) is 0 Å². The minimum atomic E-state index is 0.567. The summed E-state index contributed by atoms with van der Waals surface area (Å²) in [6.45, 7) is 12.5. The van der Waals surface area contributed by atoms with E-state index in [0.717, 1.165) is 36.9 Å². The van der Waals surface area contributed by atoms with Gasteiger partial charge in [-0.25, -0.2) is 0 Å². The lowest BCUT2D eigenvalue weighted by Crippen LogP contribution is -2.59. The Morgan fingerprint density at radius 1 is 0.762 bits per heavy atom. The summed E-state index contributed by atoms with van der Waals surface area (Å²) in [5, 5.41) is 0. The molecule has 6 atom stereocenters. The predicted molar refractivity (Wildman–Crippen MR) is 87.1 cm³/mol. The summed E-state index contributed by atoms with van der Waals surface area (Å²) in [4.78, 5) is 0. The molecule has 0 spiro atoms. The third kappa shape index (κ3) is 1.85. The molecule has 4 rings (SSSR count). The normalized spacial score (nSPS) is 55.4. The second-order valence-corrected chi connectivity index (χ2v) is 9.98. The molecule has 1 nitrogen and oxygen atoms in total. The fourth-order valence-electron chi connectivity index (χ4n) is 7.78. The van der Waals surface area contributed by atoms with Crippen LogP contribution in [-0.4, -0.2) is 13.2 Å². The molecule has 1 heteroatoms. The zero-order valence-corrected chi connectivity index (χ0v) is 14.6. The summed E-state index contributed by atoms with van der Waals surface area (Å²) in [6, 6.07) is 0. The maximum atomic E-state index is 5.92. The van der Waals surface area contributed by atoms with Gasteiger partial charge in [0.25, 0.3) is 0 Å². The molecular weight excluding hydrogens is 256 g/mol. The van der Waals surface area contributed by atoms with Crippen LogP contribution in [0.3, 0.4) is 0 Å². The van der Waals surface area contributed by atoms with Crippen molar-refractivity contribution in [3.05, 3.63) is 0 Å². The Morgan fingerprint density at radius 2 is 1.57 bits per heavy atom. The van der Waals surface area contributed by atoms with Gasteiger partial charge in [0.15, 0.2) is 0 Å². The smallest absolute Gasteiger partial charge is 0.0503 e. The molecule has 0 aromatic heterocycles. The lowest BCUT2D eigenvalue weighted by atomic mass is 9.39. The monoisotopic (exact) mass is 290 g/mol. The van der Waals surface area contributed by atoms with Crippen LogP contribution in [0.5, 0.6) is 0 Å². The number of ether oxygens (including phenoxy) is 1. The maximum Gasteiger partial charge on any atom is 0.0503 e. The Morgan fingerprint density at radius 3 is 2.38 bits per heavy atom. The molecule has 0 bridgehead atoms. The second kappa shape index (κ2) is 4.49. The van der Waals surface area contributed by atoms with Gasteiger partial charge in [0.2, 0.25) is 0 Å². The molecule has 0 amide bonds. The van der Waals surface area contributed by atoms with Crippen LogP contribution in [0.2, 0.25) is 0 Å². The van der Waals surface area contributed by atoms with Crippen molar-refractivity contribution in [1.29, 1.82) is 0 Å². The Bertz CT molecular complexity index is 428. The molecule has 0 N–H and O–H groups in total. The summed E-state index contributed by atoms with van der Waals surface area (Å²) in [6.07, 6.45) is 10.2. The predicted octanol–water partition coefficient (Wildman–Crippen LogP) is 5.29. The van der Waals surface area contributed by atoms with Gasteiger partial charge < -0.3 is 4.74 Å². The standard InChI is InChI=1S/C20H34O/c1-18(2)9-5-10-20(4)16(18)8-11-19(3)15-13-21-12-14(15)6-7-17(19)20/h14-17H,5-13H2,1-4H3/t14-,15+,16-,17-,19-,20-/m0/s1. The number of rotatable bonds is 0. The molecule has 21 heavy (non-hydrogen) atoms. The summed E-state index contributed by atoms with van der Waals surface area (Å²) in [5.41, 5.74) is 1.73. The van der Waals surface area contributed by atoms with Gasteiger partial charge in [0, 0.05) is 6.61 Å². The van der Waals surface area contributed by atoms with E-state index in [-0.39, 0.29) is 0 Å². The van der Waals surface area contributed by atoms with Crippen LogP contribution in [0.1, 0.15) is 72.6 Å².